The van der Waals surface area contributed by atoms with Crippen LogP contribution in [0.3, 0.4) is 0 Å². The van der Waals surface area contributed by atoms with Crippen LogP contribution in [0, 0.1) is 17.3 Å². The lowest BCUT2D eigenvalue weighted by atomic mass is 9.74. The zero-order chi connectivity index (χ0) is 11.6. The van der Waals surface area contributed by atoms with Crippen molar-refractivity contribution in [3.8, 4) is 0 Å². The van der Waals surface area contributed by atoms with E-state index >= 15 is 0 Å². The van der Waals surface area contributed by atoms with Crippen molar-refractivity contribution in [2.24, 2.45) is 17.3 Å². The summed E-state index contributed by atoms with van der Waals surface area (Å²) in [6.07, 6.45) is 13.1. The van der Waals surface area contributed by atoms with Crippen molar-refractivity contribution >= 4 is 0 Å². The summed E-state index contributed by atoms with van der Waals surface area (Å²) < 4.78 is 0. The minimum Gasteiger partial charge on any atom is -0.0996 e. The van der Waals surface area contributed by atoms with Crippen LogP contribution in [0.15, 0.2) is 12.2 Å². The minimum atomic E-state index is 0.448. The van der Waals surface area contributed by atoms with E-state index in [1.54, 1.807) is 0 Å². The van der Waals surface area contributed by atoms with Gasteiger partial charge in [-0.3, -0.25) is 0 Å². The van der Waals surface area contributed by atoms with E-state index in [9.17, 15) is 0 Å². The number of hydrogen-bond acceptors (Lipinski definition) is 0. The molecule has 0 N–H and O–H groups in total. The highest BCUT2D eigenvalue weighted by atomic mass is 14.5. The topological polar surface area (TPSA) is 0 Å². The summed E-state index contributed by atoms with van der Waals surface area (Å²) >= 11 is 0. The molecule has 0 saturated heterocycles. The largest absolute Gasteiger partial charge is 0.0996 e. The average Bonchev–Trinajstić information content (AvgIpc) is 2.93. The molecular weight excluding hydrogens is 192 g/mol. The van der Waals surface area contributed by atoms with Gasteiger partial charge in [-0.05, 0) is 43.4 Å². The molecule has 92 valence electrons. The second-order valence-corrected chi connectivity index (χ2v) is 6.61. The first-order valence-corrected chi connectivity index (χ1v) is 7.28. The first kappa shape index (κ1) is 12.2. The third-order valence-electron chi connectivity index (χ3n) is 5.12. The Kier molecular flexibility index (Phi) is 3.77. The van der Waals surface area contributed by atoms with Crippen LogP contribution in [0.1, 0.15) is 71.6 Å². The third kappa shape index (κ3) is 2.90. The van der Waals surface area contributed by atoms with Crippen molar-refractivity contribution in [3.05, 3.63) is 12.2 Å². The quantitative estimate of drug-likeness (QED) is 0.523. The predicted octanol–water partition coefficient (Wildman–Crippen LogP) is 5.34. The molecule has 2 aliphatic carbocycles. The van der Waals surface area contributed by atoms with Gasteiger partial charge in [0.25, 0.3) is 0 Å². The van der Waals surface area contributed by atoms with Gasteiger partial charge >= 0.3 is 0 Å². The van der Waals surface area contributed by atoms with Gasteiger partial charge in [0, 0.05) is 0 Å². The highest BCUT2D eigenvalue weighted by Gasteiger charge is 2.41. The van der Waals surface area contributed by atoms with Crippen molar-refractivity contribution in [2.75, 3.05) is 0 Å². The molecule has 0 aromatic heterocycles. The van der Waals surface area contributed by atoms with Gasteiger partial charge in [0.2, 0.25) is 0 Å². The molecule has 0 amide bonds. The standard InChI is InChI=1S/C16H28/c1-13(2)16(3)10-8-6-4-5-7-9-14-11-15(14)12-16/h14-15H,1,4-12H2,2-3H3. The Morgan fingerprint density at radius 1 is 1.06 bits per heavy atom. The zero-order valence-electron chi connectivity index (χ0n) is 11.2. The van der Waals surface area contributed by atoms with E-state index in [0.717, 1.165) is 11.8 Å². The highest BCUT2D eigenvalue weighted by molar-refractivity contribution is 5.08. The fourth-order valence-electron chi connectivity index (χ4n) is 3.43. The number of hydrogen-bond donors (Lipinski definition) is 0. The van der Waals surface area contributed by atoms with Gasteiger partial charge in [0.15, 0.2) is 0 Å². The van der Waals surface area contributed by atoms with Crippen molar-refractivity contribution in [2.45, 2.75) is 71.6 Å². The molecule has 0 bridgehead atoms. The van der Waals surface area contributed by atoms with Gasteiger partial charge in [-0.1, -0.05) is 57.6 Å². The van der Waals surface area contributed by atoms with Crippen molar-refractivity contribution in [3.63, 3.8) is 0 Å². The van der Waals surface area contributed by atoms with Crippen LogP contribution < -0.4 is 0 Å². The van der Waals surface area contributed by atoms with Gasteiger partial charge in [-0.2, -0.15) is 0 Å². The molecule has 2 saturated carbocycles. The lowest BCUT2D eigenvalue weighted by Crippen LogP contribution is -2.18. The predicted molar refractivity (Wildman–Crippen MR) is 71.5 cm³/mol. The van der Waals surface area contributed by atoms with E-state index in [2.05, 4.69) is 20.4 Å². The fraction of sp³-hybridized carbons (Fsp3) is 0.875. The first-order chi connectivity index (χ1) is 7.62. The molecule has 0 aromatic carbocycles. The molecule has 3 atom stereocenters. The minimum absolute atomic E-state index is 0.448. The third-order valence-corrected chi connectivity index (χ3v) is 5.12. The lowest BCUT2D eigenvalue weighted by Gasteiger charge is -2.31. The van der Waals surface area contributed by atoms with Gasteiger partial charge in [0.1, 0.15) is 0 Å². The normalized spacial score (nSPS) is 40.6. The maximum atomic E-state index is 4.25. The van der Waals surface area contributed by atoms with E-state index in [-0.39, 0.29) is 0 Å². The number of allylic oxidation sites excluding steroid dienone is 1. The summed E-state index contributed by atoms with van der Waals surface area (Å²) in [5.41, 5.74) is 1.88. The SMILES string of the molecule is C=C(C)C1(C)CCCCCCCC2CC2C1. The summed E-state index contributed by atoms with van der Waals surface area (Å²) in [6.45, 7) is 8.96. The Hall–Kier alpha value is -0.260. The summed E-state index contributed by atoms with van der Waals surface area (Å²) in [7, 11) is 0. The van der Waals surface area contributed by atoms with Crippen LogP contribution in [0.4, 0.5) is 0 Å². The zero-order valence-corrected chi connectivity index (χ0v) is 11.2. The molecule has 2 fully saturated rings. The molecule has 0 aliphatic heterocycles. The Bertz CT molecular complexity index is 253. The van der Waals surface area contributed by atoms with Crippen LogP contribution in [-0.2, 0) is 0 Å². The van der Waals surface area contributed by atoms with Crippen LogP contribution in [0.5, 0.6) is 0 Å². The second-order valence-electron chi connectivity index (χ2n) is 6.61. The Morgan fingerprint density at radius 3 is 2.50 bits per heavy atom. The molecule has 0 heterocycles. The molecule has 0 radical (unpaired) electrons. The molecule has 3 unspecified atom stereocenters. The smallest absolute Gasteiger partial charge is 0.0119 e. The highest BCUT2D eigenvalue weighted by Crippen LogP contribution is 2.52. The van der Waals surface area contributed by atoms with Crippen molar-refractivity contribution < 1.29 is 0 Å². The van der Waals surface area contributed by atoms with Crippen LogP contribution in [0.25, 0.3) is 0 Å². The second kappa shape index (κ2) is 4.94. The van der Waals surface area contributed by atoms with Gasteiger partial charge in [-0.15, -0.1) is 0 Å². The van der Waals surface area contributed by atoms with Crippen LogP contribution in [0.2, 0.25) is 0 Å². The number of rotatable bonds is 1. The maximum absolute atomic E-state index is 4.25. The molecular formula is C16H28. The Balaban J connectivity index is 1.97. The molecule has 0 spiro atoms. The average molecular weight is 220 g/mol. The molecule has 2 rings (SSSR count). The van der Waals surface area contributed by atoms with E-state index in [1.807, 2.05) is 0 Å². The monoisotopic (exact) mass is 220 g/mol. The summed E-state index contributed by atoms with van der Waals surface area (Å²) in [6, 6.07) is 0. The lowest BCUT2D eigenvalue weighted by molar-refractivity contribution is 0.299. The fourth-order valence-corrected chi connectivity index (χ4v) is 3.43. The Labute approximate surface area is 102 Å². The molecule has 2 aliphatic rings. The van der Waals surface area contributed by atoms with E-state index in [1.165, 1.54) is 63.4 Å². The summed E-state index contributed by atoms with van der Waals surface area (Å²) in [5.74, 6) is 2.12. The van der Waals surface area contributed by atoms with Crippen molar-refractivity contribution in [1.82, 2.24) is 0 Å². The van der Waals surface area contributed by atoms with Gasteiger partial charge < -0.3 is 0 Å². The van der Waals surface area contributed by atoms with Gasteiger partial charge in [0.05, 0.1) is 0 Å². The molecule has 16 heavy (non-hydrogen) atoms. The van der Waals surface area contributed by atoms with Gasteiger partial charge in [-0.25, -0.2) is 0 Å². The maximum Gasteiger partial charge on any atom is -0.0119 e. The van der Waals surface area contributed by atoms with E-state index < -0.39 is 0 Å². The first-order valence-electron chi connectivity index (χ1n) is 7.28. The molecule has 0 heteroatoms. The van der Waals surface area contributed by atoms with E-state index in [4.69, 9.17) is 0 Å². The Morgan fingerprint density at radius 2 is 1.75 bits per heavy atom. The van der Waals surface area contributed by atoms with Crippen LogP contribution in [-0.4, -0.2) is 0 Å². The molecule has 0 nitrogen and oxygen atoms in total. The van der Waals surface area contributed by atoms with Crippen LogP contribution >= 0.6 is 0 Å². The summed E-state index contributed by atoms with van der Waals surface area (Å²) in [5, 5.41) is 0. The van der Waals surface area contributed by atoms with E-state index in [0.29, 0.717) is 5.41 Å². The summed E-state index contributed by atoms with van der Waals surface area (Å²) in [4.78, 5) is 0. The van der Waals surface area contributed by atoms with Crippen molar-refractivity contribution in [1.29, 1.82) is 0 Å². The number of fused-ring (bicyclic) bond motifs is 1. The molecule has 0 aromatic rings.